The van der Waals surface area contributed by atoms with Crippen LogP contribution in [0, 0.1) is 0 Å². The molecule has 0 spiro atoms. The van der Waals surface area contributed by atoms with Crippen molar-refractivity contribution in [2.75, 3.05) is 40.6 Å². The van der Waals surface area contributed by atoms with Crippen LogP contribution in [-0.4, -0.2) is 46.6 Å². The predicted octanol–water partition coefficient (Wildman–Crippen LogP) is 2.22. The molecular formula is C16H24O5. The van der Waals surface area contributed by atoms with Gasteiger partial charge in [-0.05, 0) is 6.07 Å². The molecule has 1 aromatic carbocycles. The summed E-state index contributed by atoms with van der Waals surface area (Å²) in [4.78, 5) is 11.8. The Balaban J connectivity index is 2.40. The van der Waals surface area contributed by atoms with E-state index in [1.54, 1.807) is 14.2 Å². The zero-order valence-electron chi connectivity index (χ0n) is 12.8. The molecule has 21 heavy (non-hydrogen) atoms. The molecule has 0 atom stereocenters. The van der Waals surface area contributed by atoms with Crippen LogP contribution >= 0.6 is 0 Å². The first-order valence-corrected chi connectivity index (χ1v) is 7.12. The van der Waals surface area contributed by atoms with Gasteiger partial charge in [-0.25, -0.2) is 0 Å². The van der Waals surface area contributed by atoms with E-state index in [1.165, 1.54) is 0 Å². The molecule has 0 aromatic heterocycles. The number of hydrogen-bond acceptors (Lipinski definition) is 5. The Morgan fingerprint density at radius 3 is 2.33 bits per heavy atom. The highest BCUT2D eigenvalue weighted by Gasteiger charge is 2.09. The first-order valence-electron chi connectivity index (χ1n) is 7.12. The zero-order chi connectivity index (χ0) is 15.3. The molecule has 1 aromatic rings. The van der Waals surface area contributed by atoms with Crippen LogP contribution in [0.15, 0.2) is 24.3 Å². The summed E-state index contributed by atoms with van der Waals surface area (Å²) >= 11 is 0. The molecule has 0 aliphatic rings. The summed E-state index contributed by atoms with van der Waals surface area (Å²) in [7, 11) is 3.28. The van der Waals surface area contributed by atoms with Crippen LogP contribution in [-0.2, 0) is 25.4 Å². The molecule has 118 valence electrons. The Morgan fingerprint density at radius 2 is 1.62 bits per heavy atom. The van der Waals surface area contributed by atoms with Gasteiger partial charge in [-0.2, -0.15) is 0 Å². The van der Waals surface area contributed by atoms with Crippen molar-refractivity contribution in [2.24, 2.45) is 0 Å². The van der Waals surface area contributed by atoms with Gasteiger partial charge in [0.25, 0.3) is 0 Å². The topological polar surface area (TPSA) is 54.0 Å². The van der Waals surface area contributed by atoms with Crippen LogP contribution in [0.5, 0.6) is 5.75 Å². The summed E-state index contributed by atoms with van der Waals surface area (Å²) in [5.74, 6) is 0.474. The smallest absolute Gasteiger partial charge is 0.310 e. The maximum absolute atomic E-state index is 11.8. The van der Waals surface area contributed by atoms with E-state index in [0.29, 0.717) is 32.8 Å². The van der Waals surface area contributed by atoms with Crippen molar-refractivity contribution in [3.63, 3.8) is 0 Å². The number of benzene rings is 1. The maximum Gasteiger partial charge on any atom is 0.310 e. The van der Waals surface area contributed by atoms with Gasteiger partial charge in [0.05, 0.1) is 19.6 Å². The van der Waals surface area contributed by atoms with Gasteiger partial charge in [-0.15, -0.1) is 0 Å². The molecule has 0 saturated heterocycles. The molecule has 0 bridgehead atoms. The lowest BCUT2D eigenvalue weighted by Crippen LogP contribution is -2.11. The number of carbonyl (C=O) groups excluding carboxylic acids is 1. The molecule has 0 saturated carbocycles. The standard InChI is InChI=1S/C16H24O5/c1-18-9-5-11-20-15-8-4-3-7-14(15)13-16(17)21-12-6-10-19-2/h3-4,7-8H,5-6,9-13H2,1-2H3. The van der Waals surface area contributed by atoms with E-state index in [9.17, 15) is 4.79 Å². The minimum Gasteiger partial charge on any atom is -0.493 e. The summed E-state index contributed by atoms with van der Waals surface area (Å²) in [6.45, 7) is 2.19. The van der Waals surface area contributed by atoms with Crippen LogP contribution < -0.4 is 4.74 Å². The highest BCUT2D eigenvalue weighted by molar-refractivity contribution is 5.73. The van der Waals surface area contributed by atoms with Crippen molar-refractivity contribution in [2.45, 2.75) is 19.3 Å². The molecule has 5 nitrogen and oxygen atoms in total. The van der Waals surface area contributed by atoms with Crippen molar-refractivity contribution >= 4 is 5.97 Å². The number of ether oxygens (including phenoxy) is 4. The quantitative estimate of drug-likeness (QED) is 0.463. The van der Waals surface area contributed by atoms with Gasteiger partial charge < -0.3 is 18.9 Å². The third-order valence-electron chi connectivity index (χ3n) is 2.81. The number of esters is 1. The summed E-state index contributed by atoms with van der Waals surface area (Å²) in [6.07, 6.45) is 1.73. The minimum atomic E-state index is -0.251. The average molecular weight is 296 g/mol. The van der Waals surface area contributed by atoms with E-state index in [0.717, 1.165) is 17.7 Å². The summed E-state index contributed by atoms with van der Waals surface area (Å²) in [6, 6.07) is 7.51. The Labute approximate surface area is 126 Å². The van der Waals surface area contributed by atoms with Crippen molar-refractivity contribution in [1.82, 2.24) is 0 Å². The second-order valence-electron chi connectivity index (χ2n) is 4.55. The van der Waals surface area contributed by atoms with Gasteiger partial charge in [-0.1, -0.05) is 18.2 Å². The molecule has 0 aliphatic heterocycles. The maximum atomic E-state index is 11.8. The van der Waals surface area contributed by atoms with Crippen molar-refractivity contribution in [3.05, 3.63) is 29.8 Å². The second-order valence-corrected chi connectivity index (χ2v) is 4.55. The number of hydrogen-bond donors (Lipinski definition) is 0. The van der Waals surface area contributed by atoms with E-state index < -0.39 is 0 Å². The Kier molecular flexibility index (Phi) is 9.24. The molecule has 0 N–H and O–H groups in total. The Hall–Kier alpha value is -1.59. The summed E-state index contributed by atoms with van der Waals surface area (Å²) < 4.78 is 20.7. The monoisotopic (exact) mass is 296 g/mol. The second kappa shape index (κ2) is 11.1. The third kappa shape index (κ3) is 7.68. The Bertz CT molecular complexity index is 405. The third-order valence-corrected chi connectivity index (χ3v) is 2.81. The first-order chi connectivity index (χ1) is 10.3. The lowest BCUT2D eigenvalue weighted by atomic mass is 10.1. The molecule has 1 rings (SSSR count). The SMILES string of the molecule is COCCCOC(=O)Cc1ccccc1OCCCOC. The molecule has 0 aliphatic carbocycles. The fraction of sp³-hybridized carbons (Fsp3) is 0.562. The fourth-order valence-corrected chi connectivity index (χ4v) is 1.77. The van der Waals surface area contributed by atoms with Crippen LogP contribution in [0.2, 0.25) is 0 Å². The van der Waals surface area contributed by atoms with E-state index in [4.69, 9.17) is 18.9 Å². The number of rotatable bonds is 11. The first kappa shape index (κ1) is 17.5. The van der Waals surface area contributed by atoms with Gasteiger partial charge in [0.2, 0.25) is 0 Å². The normalized spacial score (nSPS) is 10.4. The van der Waals surface area contributed by atoms with Gasteiger partial charge >= 0.3 is 5.97 Å². The number of para-hydroxylation sites is 1. The van der Waals surface area contributed by atoms with E-state index in [2.05, 4.69) is 0 Å². The van der Waals surface area contributed by atoms with Crippen molar-refractivity contribution < 1.29 is 23.7 Å². The molecular weight excluding hydrogens is 272 g/mol. The number of carbonyl (C=O) groups is 1. The zero-order valence-corrected chi connectivity index (χ0v) is 12.8. The number of methoxy groups -OCH3 is 2. The van der Waals surface area contributed by atoms with E-state index in [1.807, 2.05) is 24.3 Å². The molecule has 5 heteroatoms. The van der Waals surface area contributed by atoms with E-state index in [-0.39, 0.29) is 12.4 Å². The van der Waals surface area contributed by atoms with Crippen LogP contribution in [0.1, 0.15) is 18.4 Å². The lowest BCUT2D eigenvalue weighted by molar-refractivity contribution is -0.143. The largest absolute Gasteiger partial charge is 0.493 e. The summed E-state index contributed by atoms with van der Waals surface area (Å²) in [5, 5.41) is 0. The predicted molar refractivity (Wildman–Crippen MR) is 79.6 cm³/mol. The van der Waals surface area contributed by atoms with Gasteiger partial charge in [0, 0.05) is 45.8 Å². The van der Waals surface area contributed by atoms with Gasteiger partial charge in [-0.3, -0.25) is 4.79 Å². The van der Waals surface area contributed by atoms with Crippen LogP contribution in [0.4, 0.5) is 0 Å². The highest BCUT2D eigenvalue weighted by atomic mass is 16.5. The van der Waals surface area contributed by atoms with Gasteiger partial charge in [0.15, 0.2) is 0 Å². The Morgan fingerprint density at radius 1 is 0.952 bits per heavy atom. The summed E-state index contributed by atoms with van der Waals surface area (Å²) in [5.41, 5.74) is 0.839. The van der Waals surface area contributed by atoms with Crippen LogP contribution in [0.25, 0.3) is 0 Å². The van der Waals surface area contributed by atoms with Crippen LogP contribution in [0.3, 0.4) is 0 Å². The van der Waals surface area contributed by atoms with E-state index >= 15 is 0 Å². The molecule has 0 radical (unpaired) electrons. The molecule has 0 fully saturated rings. The minimum absolute atomic E-state index is 0.216. The molecule has 0 heterocycles. The molecule has 0 unspecified atom stereocenters. The average Bonchev–Trinajstić information content (AvgIpc) is 2.50. The highest BCUT2D eigenvalue weighted by Crippen LogP contribution is 2.19. The molecule has 0 amide bonds. The fourth-order valence-electron chi connectivity index (χ4n) is 1.77. The van der Waals surface area contributed by atoms with Crippen molar-refractivity contribution in [1.29, 1.82) is 0 Å². The van der Waals surface area contributed by atoms with Gasteiger partial charge in [0.1, 0.15) is 5.75 Å². The van der Waals surface area contributed by atoms with Crippen molar-refractivity contribution in [3.8, 4) is 5.75 Å². The lowest BCUT2D eigenvalue weighted by Gasteiger charge is -2.11.